The number of anilines is 1. The van der Waals surface area contributed by atoms with Gasteiger partial charge < -0.3 is 5.32 Å². The number of amides is 1. The molecule has 0 aliphatic heterocycles. The molecule has 0 bridgehead atoms. The van der Waals surface area contributed by atoms with Gasteiger partial charge in [-0.1, -0.05) is 44.2 Å². The maximum absolute atomic E-state index is 12.2. The Bertz CT molecular complexity index is 918. The van der Waals surface area contributed by atoms with Crippen molar-refractivity contribution < 1.29 is 4.79 Å². The number of nitrogens with one attached hydrogen (secondary N) is 1. The largest absolute Gasteiger partial charge is 0.323 e. The van der Waals surface area contributed by atoms with Crippen LogP contribution in [0.4, 0.5) is 5.69 Å². The van der Waals surface area contributed by atoms with Crippen LogP contribution in [0.3, 0.4) is 0 Å². The molecule has 3 aromatic rings. The Morgan fingerprint density at radius 2 is 1.92 bits per heavy atom. The first-order valence-electron chi connectivity index (χ1n) is 8.36. The van der Waals surface area contributed by atoms with Gasteiger partial charge >= 0.3 is 0 Å². The van der Waals surface area contributed by atoms with Crippen molar-refractivity contribution in [3.8, 4) is 11.4 Å². The highest BCUT2D eigenvalue weighted by atomic mass is 79.9. The summed E-state index contributed by atoms with van der Waals surface area (Å²) in [7, 11) is 0. The number of rotatable bonds is 5. The number of carbonyl (C=O) groups excluding carboxylic acids is 1. The number of halogens is 1. The third-order valence-electron chi connectivity index (χ3n) is 3.97. The van der Waals surface area contributed by atoms with E-state index in [1.807, 2.05) is 37.3 Å². The smallest absolute Gasteiger partial charge is 0.248 e. The van der Waals surface area contributed by atoms with Crippen LogP contribution in [0.15, 0.2) is 46.9 Å². The van der Waals surface area contributed by atoms with Crippen molar-refractivity contribution in [2.45, 2.75) is 33.2 Å². The molecule has 1 amide bonds. The molecule has 0 saturated carbocycles. The maximum atomic E-state index is 12.2. The standard InChI is InChI=1S/C19H20BrN5O/c1-12(2)14-5-7-15(8-6-14)19-22-24-25(23-19)11-18(26)21-17-9-4-13(3)10-16(17)20/h4-10,12H,11H2,1-3H3,(H,21,26). The van der Waals surface area contributed by atoms with Gasteiger partial charge in [-0.2, -0.15) is 4.80 Å². The number of tetrazole rings is 1. The van der Waals surface area contributed by atoms with Crippen LogP contribution < -0.4 is 5.32 Å². The molecule has 1 N–H and O–H groups in total. The highest BCUT2D eigenvalue weighted by molar-refractivity contribution is 9.10. The molecule has 0 unspecified atom stereocenters. The second kappa shape index (κ2) is 7.78. The van der Waals surface area contributed by atoms with Crippen LogP contribution in [-0.2, 0) is 11.3 Å². The fraction of sp³-hybridized carbons (Fsp3) is 0.263. The minimum atomic E-state index is -0.214. The second-order valence-corrected chi connectivity index (χ2v) is 7.31. The fourth-order valence-corrected chi connectivity index (χ4v) is 3.07. The molecular weight excluding hydrogens is 394 g/mol. The lowest BCUT2D eigenvalue weighted by Gasteiger charge is -2.07. The van der Waals surface area contributed by atoms with E-state index in [9.17, 15) is 4.79 Å². The van der Waals surface area contributed by atoms with Crippen molar-refractivity contribution in [3.05, 3.63) is 58.1 Å². The molecule has 0 saturated heterocycles. The van der Waals surface area contributed by atoms with E-state index in [0.29, 0.717) is 17.4 Å². The lowest BCUT2D eigenvalue weighted by molar-refractivity contribution is -0.117. The van der Waals surface area contributed by atoms with E-state index in [1.165, 1.54) is 10.4 Å². The molecule has 0 atom stereocenters. The summed E-state index contributed by atoms with van der Waals surface area (Å²) in [6.45, 7) is 6.28. The predicted molar refractivity (Wildman–Crippen MR) is 105 cm³/mol. The molecule has 0 aliphatic rings. The monoisotopic (exact) mass is 413 g/mol. The third kappa shape index (κ3) is 4.35. The predicted octanol–water partition coefficient (Wildman–Crippen LogP) is 4.17. The van der Waals surface area contributed by atoms with E-state index in [4.69, 9.17) is 0 Å². The summed E-state index contributed by atoms with van der Waals surface area (Å²) in [4.78, 5) is 13.5. The zero-order chi connectivity index (χ0) is 18.7. The fourth-order valence-electron chi connectivity index (χ4n) is 2.48. The molecule has 0 spiro atoms. The van der Waals surface area contributed by atoms with Gasteiger partial charge in [0.25, 0.3) is 0 Å². The van der Waals surface area contributed by atoms with E-state index >= 15 is 0 Å². The van der Waals surface area contributed by atoms with Gasteiger partial charge in [-0.3, -0.25) is 4.79 Å². The number of hydrogen-bond donors (Lipinski definition) is 1. The first-order chi connectivity index (χ1) is 12.4. The normalized spacial score (nSPS) is 11.0. The zero-order valence-corrected chi connectivity index (χ0v) is 16.5. The molecule has 3 rings (SSSR count). The van der Waals surface area contributed by atoms with Crippen molar-refractivity contribution in [2.75, 3.05) is 5.32 Å². The number of carbonyl (C=O) groups is 1. The molecule has 134 valence electrons. The quantitative estimate of drug-likeness (QED) is 0.680. The van der Waals surface area contributed by atoms with Crippen LogP contribution in [0.5, 0.6) is 0 Å². The molecule has 1 aromatic heterocycles. The number of aromatic nitrogens is 4. The van der Waals surface area contributed by atoms with E-state index in [2.05, 4.69) is 62.6 Å². The molecule has 0 aliphatic carbocycles. The minimum Gasteiger partial charge on any atom is -0.323 e. The van der Waals surface area contributed by atoms with Gasteiger partial charge in [0.05, 0.1) is 5.69 Å². The maximum Gasteiger partial charge on any atom is 0.248 e. The average molecular weight is 414 g/mol. The Hall–Kier alpha value is -2.54. The van der Waals surface area contributed by atoms with Crippen LogP contribution in [0.25, 0.3) is 11.4 Å². The van der Waals surface area contributed by atoms with Gasteiger partial charge in [0.1, 0.15) is 6.54 Å². The first kappa shape index (κ1) is 18.3. The summed E-state index contributed by atoms with van der Waals surface area (Å²) >= 11 is 3.45. The van der Waals surface area contributed by atoms with E-state index in [0.717, 1.165) is 15.6 Å². The Balaban J connectivity index is 1.67. The molecule has 1 heterocycles. The molecular formula is C19H20BrN5O. The highest BCUT2D eigenvalue weighted by Crippen LogP contribution is 2.23. The summed E-state index contributed by atoms with van der Waals surface area (Å²) in [5.41, 5.74) is 3.96. The van der Waals surface area contributed by atoms with Crippen LogP contribution >= 0.6 is 15.9 Å². The number of benzene rings is 2. The number of nitrogens with zero attached hydrogens (tertiary/aromatic N) is 4. The van der Waals surface area contributed by atoms with Gasteiger partial charge in [-0.25, -0.2) is 0 Å². The minimum absolute atomic E-state index is 0.00259. The topological polar surface area (TPSA) is 72.7 Å². The molecule has 7 heteroatoms. The van der Waals surface area contributed by atoms with Crippen LogP contribution in [0.2, 0.25) is 0 Å². The molecule has 6 nitrogen and oxygen atoms in total. The summed E-state index contributed by atoms with van der Waals surface area (Å²) in [5, 5.41) is 15.1. The van der Waals surface area contributed by atoms with Crippen LogP contribution in [0, 0.1) is 6.92 Å². The first-order valence-corrected chi connectivity index (χ1v) is 9.16. The Labute approximate surface area is 160 Å². The summed E-state index contributed by atoms with van der Waals surface area (Å²) in [5.74, 6) is 0.760. The summed E-state index contributed by atoms with van der Waals surface area (Å²) in [6.07, 6.45) is 0. The van der Waals surface area contributed by atoms with Crippen molar-refractivity contribution in [2.24, 2.45) is 0 Å². The van der Waals surface area contributed by atoms with Gasteiger partial charge in [0, 0.05) is 10.0 Å². The Kier molecular flexibility index (Phi) is 5.46. The highest BCUT2D eigenvalue weighted by Gasteiger charge is 2.11. The lowest BCUT2D eigenvalue weighted by atomic mass is 10.0. The van der Waals surface area contributed by atoms with Gasteiger partial charge in [-0.05, 0) is 57.2 Å². The van der Waals surface area contributed by atoms with E-state index in [-0.39, 0.29) is 12.5 Å². The van der Waals surface area contributed by atoms with Gasteiger partial charge in [0.2, 0.25) is 11.7 Å². The van der Waals surface area contributed by atoms with Crippen molar-refractivity contribution in [1.29, 1.82) is 0 Å². The summed E-state index contributed by atoms with van der Waals surface area (Å²) < 4.78 is 0.836. The molecule has 2 aromatic carbocycles. The SMILES string of the molecule is Cc1ccc(NC(=O)Cn2nnc(-c3ccc(C(C)C)cc3)n2)c(Br)c1. The Morgan fingerprint density at radius 3 is 2.58 bits per heavy atom. The average Bonchev–Trinajstić information content (AvgIpc) is 3.06. The van der Waals surface area contributed by atoms with E-state index in [1.54, 1.807) is 0 Å². The summed E-state index contributed by atoms with van der Waals surface area (Å²) in [6, 6.07) is 13.8. The van der Waals surface area contributed by atoms with Gasteiger partial charge in [-0.15, -0.1) is 10.2 Å². The number of hydrogen-bond acceptors (Lipinski definition) is 4. The van der Waals surface area contributed by atoms with Gasteiger partial charge in [0.15, 0.2) is 0 Å². The molecule has 26 heavy (non-hydrogen) atoms. The molecule has 0 fully saturated rings. The third-order valence-corrected chi connectivity index (χ3v) is 4.63. The molecule has 0 radical (unpaired) electrons. The second-order valence-electron chi connectivity index (χ2n) is 6.45. The van der Waals surface area contributed by atoms with E-state index < -0.39 is 0 Å². The zero-order valence-electron chi connectivity index (χ0n) is 14.9. The Morgan fingerprint density at radius 1 is 1.19 bits per heavy atom. The van der Waals surface area contributed by atoms with Crippen molar-refractivity contribution >= 4 is 27.5 Å². The van der Waals surface area contributed by atoms with Crippen molar-refractivity contribution in [1.82, 2.24) is 20.2 Å². The van der Waals surface area contributed by atoms with Crippen LogP contribution in [0.1, 0.15) is 30.9 Å². The lowest BCUT2D eigenvalue weighted by Crippen LogP contribution is -2.20. The number of aryl methyl sites for hydroxylation is 1. The van der Waals surface area contributed by atoms with Crippen LogP contribution in [-0.4, -0.2) is 26.1 Å². The van der Waals surface area contributed by atoms with Crippen molar-refractivity contribution in [3.63, 3.8) is 0 Å².